The maximum Gasteiger partial charge on any atom is 0.254 e. The van der Waals surface area contributed by atoms with Crippen LogP contribution in [0.4, 0.5) is 8.78 Å². The highest BCUT2D eigenvalue weighted by atomic mass is 35.5. The standard InChI is InChI=1S/C25H22F2N4O3.ClH/c1-2-33-23(25(32)31-14-16-3-7-17(8-4-16)24(29)30)22-20(26)11-19(12-21(22)27)34-18-9-5-15(13-28)6-10-18;/h3-12,23H,2,14H2,1H3,(H3,29,30)(H,31,32);1H/t23-;/m0./s1. The normalized spacial score (nSPS) is 11.0. The van der Waals surface area contributed by atoms with E-state index in [1.54, 1.807) is 31.2 Å². The van der Waals surface area contributed by atoms with Gasteiger partial charge in [-0.25, -0.2) is 8.78 Å². The third kappa shape index (κ3) is 6.99. The quantitative estimate of drug-likeness (QED) is 0.290. The van der Waals surface area contributed by atoms with Crippen LogP contribution in [0.1, 0.15) is 35.3 Å². The molecule has 0 radical (unpaired) electrons. The largest absolute Gasteiger partial charge is 0.457 e. The molecule has 182 valence electrons. The van der Waals surface area contributed by atoms with Gasteiger partial charge in [0.1, 0.15) is 29.0 Å². The zero-order chi connectivity index (χ0) is 24.7. The zero-order valence-electron chi connectivity index (χ0n) is 18.7. The lowest BCUT2D eigenvalue weighted by molar-refractivity contribution is -0.133. The number of hydrogen-bond acceptors (Lipinski definition) is 5. The number of nitrogens with one attached hydrogen (secondary N) is 2. The van der Waals surface area contributed by atoms with Crippen LogP contribution in [-0.4, -0.2) is 18.3 Å². The number of benzene rings is 3. The van der Waals surface area contributed by atoms with E-state index in [0.29, 0.717) is 22.4 Å². The van der Waals surface area contributed by atoms with Crippen LogP contribution in [0.2, 0.25) is 0 Å². The van der Waals surface area contributed by atoms with Crippen molar-refractivity contribution < 1.29 is 23.0 Å². The molecule has 3 aromatic rings. The number of ether oxygens (including phenoxy) is 2. The fraction of sp³-hybridized carbons (Fsp3) is 0.160. The summed E-state index contributed by atoms with van der Waals surface area (Å²) in [4.78, 5) is 12.7. The number of halogens is 3. The Morgan fingerprint density at radius 2 is 1.69 bits per heavy atom. The molecule has 3 aromatic carbocycles. The van der Waals surface area contributed by atoms with E-state index in [1.807, 2.05) is 6.07 Å². The van der Waals surface area contributed by atoms with Crippen LogP contribution in [0.15, 0.2) is 60.7 Å². The van der Waals surface area contributed by atoms with E-state index in [2.05, 4.69) is 5.32 Å². The van der Waals surface area contributed by atoms with Crippen molar-refractivity contribution in [2.24, 2.45) is 5.73 Å². The predicted molar refractivity (Wildman–Crippen MR) is 129 cm³/mol. The van der Waals surface area contributed by atoms with E-state index < -0.39 is 29.2 Å². The fourth-order valence-electron chi connectivity index (χ4n) is 3.14. The van der Waals surface area contributed by atoms with E-state index in [-0.39, 0.29) is 37.1 Å². The lowest BCUT2D eigenvalue weighted by Gasteiger charge is -2.19. The number of nitriles is 1. The third-order valence-electron chi connectivity index (χ3n) is 4.84. The lowest BCUT2D eigenvalue weighted by Crippen LogP contribution is -2.31. The van der Waals surface area contributed by atoms with Gasteiger partial charge in [0.05, 0.1) is 17.2 Å². The Morgan fingerprint density at radius 1 is 1.09 bits per heavy atom. The predicted octanol–water partition coefficient (Wildman–Crippen LogP) is 4.73. The summed E-state index contributed by atoms with van der Waals surface area (Å²) in [5.74, 6) is -2.60. The molecule has 1 amide bonds. The van der Waals surface area contributed by atoms with Gasteiger partial charge in [-0.05, 0) is 36.8 Å². The molecule has 0 aliphatic carbocycles. The summed E-state index contributed by atoms with van der Waals surface area (Å²) < 4.78 is 40.6. The Bertz CT molecular complexity index is 1210. The van der Waals surface area contributed by atoms with Gasteiger partial charge in [0, 0.05) is 30.8 Å². The number of carbonyl (C=O) groups excluding carboxylic acids is 1. The molecular weight excluding hydrogens is 478 g/mol. The van der Waals surface area contributed by atoms with Crippen LogP contribution in [-0.2, 0) is 16.1 Å². The smallest absolute Gasteiger partial charge is 0.254 e. The van der Waals surface area contributed by atoms with Crippen LogP contribution < -0.4 is 15.8 Å². The molecule has 0 spiro atoms. The average molecular weight is 501 g/mol. The van der Waals surface area contributed by atoms with Gasteiger partial charge in [-0.15, -0.1) is 12.4 Å². The van der Waals surface area contributed by atoms with Crippen LogP contribution in [0.5, 0.6) is 11.5 Å². The van der Waals surface area contributed by atoms with Gasteiger partial charge in [-0.3, -0.25) is 10.2 Å². The minimum absolute atomic E-state index is 0. The molecule has 7 nitrogen and oxygen atoms in total. The summed E-state index contributed by atoms with van der Waals surface area (Å²) >= 11 is 0. The van der Waals surface area contributed by atoms with E-state index in [1.165, 1.54) is 24.3 Å². The Labute approximate surface area is 207 Å². The molecule has 0 unspecified atom stereocenters. The van der Waals surface area contributed by atoms with Crippen molar-refractivity contribution in [1.29, 1.82) is 10.7 Å². The number of nitrogen functional groups attached to an aromatic ring is 1. The van der Waals surface area contributed by atoms with Crippen molar-refractivity contribution in [1.82, 2.24) is 5.32 Å². The first-order valence-corrected chi connectivity index (χ1v) is 10.3. The monoisotopic (exact) mass is 500 g/mol. The maximum atomic E-state index is 14.9. The van der Waals surface area contributed by atoms with E-state index in [0.717, 1.165) is 12.1 Å². The molecule has 0 aliphatic rings. The summed E-state index contributed by atoms with van der Waals surface area (Å²) in [6.45, 7) is 1.75. The Morgan fingerprint density at radius 3 is 2.20 bits per heavy atom. The lowest BCUT2D eigenvalue weighted by atomic mass is 10.1. The van der Waals surface area contributed by atoms with Crippen LogP contribution in [0.25, 0.3) is 0 Å². The molecule has 0 saturated carbocycles. The topological polar surface area (TPSA) is 121 Å². The van der Waals surface area contributed by atoms with Crippen molar-refractivity contribution in [2.45, 2.75) is 19.6 Å². The molecule has 1 atom stereocenters. The van der Waals surface area contributed by atoms with Crippen LogP contribution in [0, 0.1) is 28.4 Å². The van der Waals surface area contributed by atoms with Crippen LogP contribution in [0.3, 0.4) is 0 Å². The first-order valence-electron chi connectivity index (χ1n) is 10.3. The Hall–Kier alpha value is -4.00. The Balaban J connectivity index is 0.00000432. The molecule has 0 fully saturated rings. The minimum Gasteiger partial charge on any atom is -0.457 e. The summed E-state index contributed by atoms with van der Waals surface area (Å²) in [5, 5.41) is 18.9. The molecule has 0 aliphatic heterocycles. The summed E-state index contributed by atoms with van der Waals surface area (Å²) in [5.41, 5.74) is 6.56. The summed E-state index contributed by atoms with van der Waals surface area (Å²) in [6, 6.07) is 16.6. The second-order valence-electron chi connectivity index (χ2n) is 7.20. The molecule has 0 saturated heterocycles. The van der Waals surface area contributed by atoms with Crippen molar-refractivity contribution in [3.63, 3.8) is 0 Å². The first-order chi connectivity index (χ1) is 16.3. The molecule has 3 rings (SSSR count). The van der Waals surface area contributed by atoms with Crippen molar-refractivity contribution in [3.8, 4) is 17.6 Å². The second-order valence-corrected chi connectivity index (χ2v) is 7.20. The number of amidine groups is 1. The summed E-state index contributed by atoms with van der Waals surface area (Å²) in [6.07, 6.45) is -1.51. The molecule has 4 N–H and O–H groups in total. The maximum absolute atomic E-state index is 14.9. The first kappa shape index (κ1) is 27.2. The Kier molecular flexibility index (Phi) is 9.70. The van der Waals surface area contributed by atoms with Crippen molar-refractivity contribution in [2.75, 3.05) is 6.61 Å². The minimum atomic E-state index is -1.51. The molecule has 35 heavy (non-hydrogen) atoms. The highest BCUT2D eigenvalue weighted by Gasteiger charge is 2.28. The molecule has 0 bridgehead atoms. The molecular formula is C25H23ClF2N4O3. The van der Waals surface area contributed by atoms with Gasteiger partial charge < -0.3 is 20.5 Å². The molecule has 0 heterocycles. The second kappa shape index (κ2) is 12.5. The van der Waals surface area contributed by atoms with Gasteiger partial charge in [0.25, 0.3) is 5.91 Å². The van der Waals surface area contributed by atoms with Gasteiger partial charge in [0.2, 0.25) is 0 Å². The number of hydrogen-bond donors (Lipinski definition) is 3. The van der Waals surface area contributed by atoms with Crippen molar-refractivity contribution >= 4 is 24.1 Å². The van der Waals surface area contributed by atoms with Gasteiger partial charge >= 0.3 is 0 Å². The van der Waals surface area contributed by atoms with Crippen molar-refractivity contribution in [3.05, 3.63) is 94.6 Å². The fourth-order valence-corrected chi connectivity index (χ4v) is 3.14. The van der Waals surface area contributed by atoms with Gasteiger partial charge in [-0.2, -0.15) is 5.26 Å². The molecule has 0 aromatic heterocycles. The number of nitrogens with two attached hydrogens (primary N) is 1. The van der Waals surface area contributed by atoms with E-state index >= 15 is 0 Å². The van der Waals surface area contributed by atoms with Gasteiger partial charge in [0.15, 0.2) is 6.10 Å². The van der Waals surface area contributed by atoms with Gasteiger partial charge in [-0.1, -0.05) is 24.3 Å². The SMILES string of the molecule is CCO[C@H](C(=O)NCc1ccc(C(=N)N)cc1)c1c(F)cc(Oc2ccc(C#N)cc2)cc1F.Cl. The number of rotatable bonds is 9. The number of nitrogens with zero attached hydrogens (tertiary/aromatic N) is 1. The van der Waals surface area contributed by atoms with E-state index in [4.69, 9.17) is 25.9 Å². The number of carbonyl (C=O) groups is 1. The zero-order valence-corrected chi connectivity index (χ0v) is 19.5. The third-order valence-corrected chi connectivity index (χ3v) is 4.84. The molecule has 10 heteroatoms. The highest BCUT2D eigenvalue weighted by molar-refractivity contribution is 5.94. The van der Waals surface area contributed by atoms with Crippen LogP contribution >= 0.6 is 12.4 Å². The van der Waals surface area contributed by atoms with E-state index in [9.17, 15) is 13.6 Å². The average Bonchev–Trinajstić information content (AvgIpc) is 2.82. The summed E-state index contributed by atoms with van der Waals surface area (Å²) in [7, 11) is 0. The highest BCUT2D eigenvalue weighted by Crippen LogP contribution is 2.31. The number of amides is 1.